The first kappa shape index (κ1) is 10.2. The van der Waals surface area contributed by atoms with Crippen molar-refractivity contribution >= 4 is 33.9 Å². The third-order valence-corrected chi connectivity index (χ3v) is 2.63. The number of hydrogen-bond donors (Lipinski definition) is 0. The zero-order chi connectivity index (χ0) is 9.84. The van der Waals surface area contributed by atoms with Gasteiger partial charge in [-0.25, -0.2) is 0 Å². The second-order valence-corrected chi connectivity index (χ2v) is 3.22. The summed E-state index contributed by atoms with van der Waals surface area (Å²) in [5.41, 5.74) is 2.25. The molecule has 13 heavy (non-hydrogen) atoms. The third kappa shape index (κ3) is 2.51. The molecule has 0 aliphatic carbocycles. The van der Waals surface area contributed by atoms with E-state index >= 15 is 0 Å². The first-order chi connectivity index (χ1) is 6.15. The minimum absolute atomic E-state index is 0.130. The van der Waals surface area contributed by atoms with Crippen molar-refractivity contribution in [1.82, 2.24) is 0 Å². The fraction of sp³-hybridized carbons (Fsp3) is 0.111. The number of rotatable bonds is 2. The Bertz CT molecular complexity index is 343. The van der Waals surface area contributed by atoms with E-state index in [0.717, 1.165) is 11.1 Å². The first-order valence-corrected chi connectivity index (χ1v) is 4.91. The Hall–Kier alpha value is -0.910. The molecular weight excluding hydrogens is 281 g/mol. The van der Waals surface area contributed by atoms with Crippen molar-refractivity contribution in [3.8, 4) is 0 Å². The van der Waals surface area contributed by atoms with Crippen molar-refractivity contribution in [1.29, 1.82) is 0 Å². The second-order valence-electron chi connectivity index (χ2n) is 2.60. The first-order valence-electron chi connectivity index (χ1n) is 3.67. The van der Waals surface area contributed by atoms with E-state index in [1.165, 1.54) is 12.1 Å². The number of non-ortho nitro benzene ring substituents is 1. The van der Waals surface area contributed by atoms with Gasteiger partial charge in [-0.3, -0.25) is 10.1 Å². The molecule has 0 bridgehead atoms. The van der Waals surface area contributed by atoms with Gasteiger partial charge in [0.15, 0.2) is 0 Å². The lowest BCUT2D eigenvalue weighted by Gasteiger charge is -1.98. The van der Waals surface area contributed by atoms with Crippen molar-refractivity contribution in [2.75, 3.05) is 0 Å². The van der Waals surface area contributed by atoms with E-state index < -0.39 is 4.92 Å². The van der Waals surface area contributed by atoms with Crippen LogP contribution in [-0.4, -0.2) is 4.92 Å². The molecule has 1 aromatic carbocycles. The third-order valence-electron chi connectivity index (χ3n) is 1.70. The molecule has 0 radical (unpaired) electrons. The molecule has 3 nitrogen and oxygen atoms in total. The molecule has 68 valence electrons. The Morgan fingerprint density at radius 1 is 1.46 bits per heavy atom. The summed E-state index contributed by atoms with van der Waals surface area (Å²) in [6.07, 6.45) is 0. The maximum Gasteiger partial charge on any atom is 0.269 e. The van der Waals surface area contributed by atoms with E-state index in [-0.39, 0.29) is 5.69 Å². The number of hydrogen-bond acceptors (Lipinski definition) is 2. The van der Waals surface area contributed by atoms with Crippen LogP contribution in [-0.2, 0) is 0 Å². The molecule has 0 unspecified atom stereocenters. The molecule has 0 N–H and O–H groups in total. The highest BCUT2D eigenvalue weighted by Gasteiger charge is 2.03. The monoisotopic (exact) mass is 289 g/mol. The van der Waals surface area contributed by atoms with Crippen LogP contribution < -0.4 is 0 Å². The topological polar surface area (TPSA) is 43.1 Å². The van der Waals surface area contributed by atoms with Gasteiger partial charge in [0.2, 0.25) is 0 Å². The molecular formula is C9H8INO2. The average Bonchev–Trinajstić information content (AvgIpc) is 2.17. The Balaban J connectivity index is 3.00. The highest BCUT2D eigenvalue weighted by Crippen LogP contribution is 2.18. The summed E-state index contributed by atoms with van der Waals surface area (Å²) in [5.74, 6) is 0. The van der Waals surface area contributed by atoms with Gasteiger partial charge in [0, 0.05) is 12.1 Å². The van der Waals surface area contributed by atoms with Crippen LogP contribution in [0.2, 0.25) is 0 Å². The van der Waals surface area contributed by atoms with Gasteiger partial charge in [0.25, 0.3) is 5.69 Å². The van der Waals surface area contributed by atoms with Gasteiger partial charge in [0.05, 0.1) is 4.92 Å². The summed E-state index contributed by atoms with van der Waals surface area (Å²) in [4.78, 5) is 9.95. The number of nitro groups is 1. The lowest BCUT2D eigenvalue weighted by molar-refractivity contribution is -0.384. The van der Waals surface area contributed by atoms with Gasteiger partial charge >= 0.3 is 0 Å². The van der Waals surface area contributed by atoms with Crippen molar-refractivity contribution in [2.24, 2.45) is 0 Å². The van der Waals surface area contributed by atoms with Crippen LogP contribution >= 0.6 is 22.6 Å². The Labute approximate surface area is 89.8 Å². The SMILES string of the molecule is CC(=CI)c1ccc([N+](=O)[O-])cc1. The maximum absolute atomic E-state index is 10.3. The molecule has 0 atom stereocenters. The van der Waals surface area contributed by atoms with Gasteiger partial charge in [-0.05, 0) is 34.3 Å². The number of nitrogens with zero attached hydrogens (tertiary/aromatic N) is 1. The van der Waals surface area contributed by atoms with E-state index in [2.05, 4.69) is 22.6 Å². The Kier molecular flexibility index (Phi) is 3.41. The zero-order valence-corrected chi connectivity index (χ0v) is 9.19. The minimum Gasteiger partial charge on any atom is -0.258 e. The van der Waals surface area contributed by atoms with E-state index in [1.54, 1.807) is 12.1 Å². The molecule has 0 heterocycles. The van der Waals surface area contributed by atoms with E-state index in [1.807, 2.05) is 11.0 Å². The summed E-state index contributed by atoms with van der Waals surface area (Å²) < 4.78 is 1.94. The van der Waals surface area contributed by atoms with Gasteiger partial charge in [-0.15, -0.1) is 0 Å². The molecule has 0 aliphatic rings. The summed E-state index contributed by atoms with van der Waals surface area (Å²) in [6.45, 7) is 1.97. The largest absolute Gasteiger partial charge is 0.269 e. The smallest absolute Gasteiger partial charge is 0.258 e. The second kappa shape index (κ2) is 4.36. The summed E-state index contributed by atoms with van der Waals surface area (Å²) in [5, 5.41) is 10.3. The van der Waals surface area contributed by atoms with Crippen LogP contribution in [0.1, 0.15) is 12.5 Å². The quantitative estimate of drug-likeness (QED) is 0.476. The van der Waals surface area contributed by atoms with E-state index in [9.17, 15) is 10.1 Å². The van der Waals surface area contributed by atoms with Crippen LogP contribution in [0.4, 0.5) is 5.69 Å². The number of halogens is 1. The minimum atomic E-state index is -0.396. The number of nitro benzene ring substituents is 1. The maximum atomic E-state index is 10.3. The van der Waals surface area contributed by atoms with E-state index in [0.29, 0.717) is 0 Å². The average molecular weight is 289 g/mol. The molecule has 0 spiro atoms. The van der Waals surface area contributed by atoms with Crippen LogP contribution in [0.5, 0.6) is 0 Å². The molecule has 1 rings (SSSR count). The van der Waals surface area contributed by atoms with Gasteiger partial charge < -0.3 is 0 Å². The highest BCUT2D eigenvalue weighted by molar-refractivity contribution is 14.1. The number of allylic oxidation sites excluding steroid dienone is 1. The molecule has 4 heteroatoms. The molecule has 0 aliphatic heterocycles. The van der Waals surface area contributed by atoms with Crippen molar-refractivity contribution in [2.45, 2.75) is 6.92 Å². The van der Waals surface area contributed by atoms with Gasteiger partial charge in [-0.1, -0.05) is 22.6 Å². The fourth-order valence-electron chi connectivity index (χ4n) is 0.909. The van der Waals surface area contributed by atoms with Gasteiger partial charge in [-0.2, -0.15) is 0 Å². The molecule has 0 aromatic heterocycles. The fourth-order valence-corrected chi connectivity index (χ4v) is 1.27. The van der Waals surface area contributed by atoms with E-state index in [4.69, 9.17) is 0 Å². The van der Waals surface area contributed by atoms with Crippen LogP contribution in [0.3, 0.4) is 0 Å². The van der Waals surface area contributed by atoms with Crippen LogP contribution in [0.25, 0.3) is 5.57 Å². The summed E-state index contributed by atoms with van der Waals surface area (Å²) in [7, 11) is 0. The zero-order valence-electron chi connectivity index (χ0n) is 7.03. The summed E-state index contributed by atoms with van der Waals surface area (Å²) in [6, 6.07) is 6.53. The molecule has 0 fully saturated rings. The lowest BCUT2D eigenvalue weighted by Crippen LogP contribution is -1.87. The normalized spacial score (nSPS) is 11.4. The van der Waals surface area contributed by atoms with Crippen molar-refractivity contribution < 1.29 is 4.92 Å². The predicted octanol–water partition coefficient (Wildman–Crippen LogP) is 3.39. The van der Waals surface area contributed by atoms with Crippen LogP contribution in [0.15, 0.2) is 28.3 Å². The molecule has 0 saturated carbocycles. The Morgan fingerprint density at radius 3 is 2.38 bits per heavy atom. The highest BCUT2D eigenvalue weighted by atomic mass is 127. The van der Waals surface area contributed by atoms with Gasteiger partial charge in [0.1, 0.15) is 0 Å². The predicted molar refractivity (Wildman–Crippen MR) is 60.8 cm³/mol. The lowest BCUT2D eigenvalue weighted by atomic mass is 10.1. The summed E-state index contributed by atoms with van der Waals surface area (Å²) >= 11 is 2.14. The molecule has 1 aromatic rings. The Morgan fingerprint density at radius 2 is 2.00 bits per heavy atom. The standard InChI is InChI=1S/C9H8INO2/c1-7(6-10)8-2-4-9(5-3-8)11(12)13/h2-6H,1H3. The van der Waals surface area contributed by atoms with Crippen molar-refractivity contribution in [3.05, 3.63) is 44.0 Å². The number of benzene rings is 1. The van der Waals surface area contributed by atoms with Crippen LogP contribution in [0, 0.1) is 10.1 Å². The van der Waals surface area contributed by atoms with Crippen molar-refractivity contribution in [3.63, 3.8) is 0 Å². The molecule has 0 saturated heterocycles. The molecule has 0 amide bonds.